The number of hydrogen-bond acceptors (Lipinski definition) is 3. The molecule has 0 spiro atoms. The van der Waals surface area contributed by atoms with Gasteiger partial charge in [-0.05, 0) is 28.5 Å². The molecule has 2 N–H and O–H groups in total. The molecule has 0 bridgehead atoms. The lowest BCUT2D eigenvalue weighted by Crippen LogP contribution is -2.35. The maximum atomic E-state index is 11.5. The van der Waals surface area contributed by atoms with E-state index in [1.54, 1.807) is 18.4 Å². The zero-order chi connectivity index (χ0) is 20.1. The first-order valence-electron chi connectivity index (χ1n) is 9.47. The van der Waals surface area contributed by atoms with E-state index in [0.29, 0.717) is 13.1 Å². The average molecular weight is 403 g/mol. The van der Waals surface area contributed by atoms with Crippen molar-refractivity contribution in [1.29, 1.82) is 0 Å². The predicted molar refractivity (Wildman–Crippen MR) is 119 cm³/mol. The van der Waals surface area contributed by atoms with Crippen molar-refractivity contribution in [3.05, 3.63) is 83.0 Å². The lowest BCUT2D eigenvalue weighted by atomic mass is 10.1. The van der Waals surface area contributed by atoms with Crippen molar-refractivity contribution in [2.45, 2.75) is 6.54 Å². The lowest BCUT2D eigenvalue weighted by molar-refractivity contribution is 0.242. The van der Waals surface area contributed by atoms with Crippen molar-refractivity contribution >= 4 is 33.8 Å². The van der Waals surface area contributed by atoms with E-state index < -0.39 is 0 Å². The van der Waals surface area contributed by atoms with Crippen molar-refractivity contribution in [1.82, 2.24) is 15.2 Å². The van der Waals surface area contributed by atoms with Gasteiger partial charge in [0.25, 0.3) is 0 Å². The first-order valence-corrected chi connectivity index (χ1v) is 10.4. The summed E-state index contributed by atoms with van der Waals surface area (Å²) in [4.78, 5) is 17.4. The summed E-state index contributed by atoms with van der Waals surface area (Å²) in [5.74, 6) is 0. The third-order valence-electron chi connectivity index (χ3n) is 4.67. The molecule has 3 aromatic carbocycles. The second-order valence-corrected chi connectivity index (χ2v) is 7.41. The highest BCUT2D eigenvalue weighted by molar-refractivity contribution is 7.07. The number of rotatable bonds is 5. The molecule has 0 saturated carbocycles. The second kappa shape index (κ2) is 8.75. The Morgan fingerprint density at radius 2 is 1.76 bits per heavy atom. The number of nitrogens with one attached hydrogen (secondary N) is 2. The SMILES string of the molecule is CNC(=O)NCCn1c(-c2ccccc2)csc1=Nc1ccc2ccccc2c1. The first kappa shape index (κ1) is 19.0. The van der Waals surface area contributed by atoms with Crippen LogP contribution in [0, 0.1) is 0 Å². The second-order valence-electron chi connectivity index (χ2n) is 6.57. The number of fused-ring (bicyclic) bond motifs is 1. The van der Waals surface area contributed by atoms with E-state index in [1.165, 1.54) is 10.8 Å². The summed E-state index contributed by atoms with van der Waals surface area (Å²) in [6.07, 6.45) is 0. The van der Waals surface area contributed by atoms with Gasteiger partial charge in [-0.2, -0.15) is 0 Å². The summed E-state index contributed by atoms with van der Waals surface area (Å²) in [7, 11) is 1.61. The van der Waals surface area contributed by atoms with Crippen molar-refractivity contribution in [2.24, 2.45) is 4.99 Å². The highest BCUT2D eigenvalue weighted by Crippen LogP contribution is 2.23. The highest BCUT2D eigenvalue weighted by atomic mass is 32.1. The van der Waals surface area contributed by atoms with Gasteiger partial charge in [0.2, 0.25) is 0 Å². The standard InChI is InChI=1S/C23H22N4OS/c1-24-22(28)25-13-14-27-21(18-8-3-2-4-9-18)16-29-23(27)26-20-12-11-17-7-5-6-10-19(17)15-20/h2-12,15-16H,13-14H2,1H3,(H2,24,25,28). The molecular weight excluding hydrogens is 380 g/mol. The van der Waals surface area contributed by atoms with Crippen LogP contribution in [0.15, 0.2) is 83.2 Å². The van der Waals surface area contributed by atoms with Crippen LogP contribution in [0.2, 0.25) is 0 Å². The predicted octanol–water partition coefficient (Wildman–Crippen LogP) is 4.53. The van der Waals surface area contributed by atoms with Gasteiger partial charge in [0.1, 0.15) is 0 Å². The molecule has 4 aromatic rings. The maximum Gasteiger partial charge on any atom is 0.314 e. The van der Waals surface area contributed by atoms with Crippen LogP contribution < -0.4 is 15.4 Å². The minimum absolute atomic E-state index is 0.185. The molecular formula is C23H22N4OS. The van der Waals surface area contributed by atoms with Gasteiger partial charge in [-0.3, -0.25) is 0 Å². The number of urea groups is 1. The smallest absolute Gasteiger partial charge is 0.314 e. The number of carbonyl (C=O) groups is 1. The summed E-state index contributed by atoms with van der Waals surface area (Å²) < 4.78 is 2.16. The Bertz CT molecular complexity index is 1190. The van der Waals surface area contributed by atoms with Gasteiger partial charge in [0, 0.05) is 25.5 Å². The number of thiazole rings is 1. The molecule has 5 nitrogen and oxygen atoms in total. The van der Waals surface area contributed by atoms with Gasteiger partial charge in [0.05, 0.1) is 11.4 Å². The van der Waals surface area contributed by atoms with Gasteiger partial charge in [-0.1, -0.05) is 60.7 Å². The molecule has 0 saturated heterocycles. The summed E-state index contributed by atoms with van der Waals surface area (Å²) in [6, 6.07) is 24.6. The van der Waals surface area contributed by atoms with E-state index in [9.17, 15) is 4.79 Å². The minimum atomic E-state index is -0.185. The van der Waals surface area contributed by atoms with Crippen LogP contribution in [0.25, 0.3) is 22.0 Å². The molecule has 0 aliphatic rings. The number of aromatic nitrogens is 1. The molecule has 146 valence electrons. The zero-order valence-corrected chi connectivity index (χ0v) is 16.9. The molecule has 0 fully saturated rings. The monoisotopic (exact) mass is 402 g/mol. The fourth-order valence-electron chi connectivity index (χ4n) is 3.20. The Labute approximate surface area is 173 Å². The fraction of sp³-hybridized carbons (Fsp3) is 0.130. The zero-order valence-electron chi connectivity index (χ0n) is 16.1. The van der Waals surface area contributed by atoms with E-state index in [0.717, 1.165) is 21.7 Å². The van der Waals surface area contributed by atoms with Gasteiger partial charge in [-0.15, -0.1) is 11.3 Å². The van der Waals surface area contributed by atoms with Crippen molar-refractivity contribution in [3.8, 4) is 11.3 Å². The average Bonchev–Trinajstić information content (AvgIpc) is 3.16. The Kier molecular flexibility index (Phi) is 5.72. The molecule has 6 heteroatoms. The van der Waals surface area contributed by atoms with Crippen molar-refractivity contribution in [2.75, 3.05) is 13.6 Å². The molecule has 0 aliphatic carbocycles. The summed E-state index contributed by atoms with van der Waals surface area (Å²) in [5.41, 5.74) is 3.13. The Morgan fingerprint density at radius 1 is 1.00 bits per heavy atom. The number of carbonyl (C=O) groups excluding carboxylic acids is 1. The molecule has 1 aromatic heterocycles. The molecule has 0 radical (unpaired) electrons. The van der Waals surface area contributed by atoms with Crippen LogP contribution in [0.5, 0.6) is 0 Å². The minimum Gasteiger partial charge on any atom is -0.341 e. The van der Waals surface area contributed by atoms with Crippen LogP contribution in [0.3, 0.4) is 0 Å². The Morgan fingerprint density at radius 3 is 2.55 bits per heavy atom. The van der Waals surface area contributed by atoms with Gasteiger partial charge >= 0.3 is 6.03 Å². The normalized spacial score (nSPS) is 11.6. The van der Waals surface area contributed by atoms with E-state index >= 15 is 0 Å². The third-order valence-corrected chi connectivity index (χ3v) is 5.54. The van der Waals surface area contributed by atoms with E-state index in [1.807, 2.05) is 36.4 Å². The molecule has 4 rings (SSSR count). The Balaban J connectivity index is 1.73. The van der Waals surface area contributed by atoms with Crippen molar-refractivity contribution in [3.63, 3.8) is 0 Å². The fourth-order valence-corrected chi connectivity index (χ4v) is 4.16. The lowest BCUT2D eigenvalue weighted by Gasteiger charge is -2.10. The molecule has 2 amide bonds. The van der Waals surface area contributed by atoms with Crippen LogP contribution >= 0.6 is 11.3 Å². The molecule has 0 atom stereocenters. The Hall–Kier alpha value is -3.38. The number of benzene rings is 3. The van der Waals surface area contributed by atoms with Gasteiger partial charge < -0.3 is 15.2 Å². The van der Waals surface area contributed by atoms with Crippen LogP contribution in [0.1, 0.15) is 0 Å². The molecule has 0 aliphatic heterocycles. The number of hydrogen-bond donors (Lipinski definition) is 2. The maximum absolute atomic E-state index is 11.5. The van der Waals surface area contributed by atoms with Crippen LogP contribution in [-0.4, -0.2) is 24.2 Å². The quantitative estimate of drug-likeness (QED) is 0.506. The van der Waals surface area contributed by atoms with Crippen LogP contribution in [-0.2, 0) is 6.54 Å². The number of amides is 2. The summed E-state index contributed by atoms with van der Waals surface area (Å²) in [6.45, 7) is 1.15. The van der Waals surface area contributed by atoms with E-state index in [2.05, 4.69) is 57.0 Å². The van der Waals surface area contributed by atoms with Gasteiger partial charge in [0.15, 0.2) is 4.80 Å². The molecule has 1 heterocycles. The van der Waals surface area contributed by atoms with Crippen molar-refractivity contribution < 1.29 is 4.79 Å². The van der Waals surface area contributed by atoms with Gasteiger partial charge in [-0.25, -0.2) is 9.79 Å². The highest BCUT2D eigenvalue weighted by Gasteiger charge is 2.08. The summed E-state index contributed by atoms with van der Waals surface area (Å²) >= 11 is 1.60. The number of nitrogens with zero attached hydrogens (tertiary/aromatic N) is 2. The molecule has 0 unspecified atom stereocenters. The van der Waals surface area contributed by atoms with E-state index in [4.69, 9.17) is 4.99 Å². The van der Waals surface area contributed by atoms with Crippen LogP contribution in [0.4, 0.5) is 10.5 Å². The molecule has 29 heavy (non-hydrogen) atoms. The largest absolute Gasteiger partial charge is 0.341 e. The third kappa shape index (κ3) is 4.38. The topological polar surface area (TPSA) is 58.4 Å². The first-order chi connectivity index (χ1) is 14.2. The summed E-state index contributed by atoms with van der Waals surface area (Å²) in [5, 5.41) is 9.93. The van der Waals surface area contributed by atoms with E-state index in [-0.39, 0.29) is 6.03 Å².